The zero-order chi connectivity index (χ0) is 14.8. The van der Waals surface area contributed by atoms with Crippen molar-refractivity contribution in [3.05, 3.63) is 69.7 Å². The van der Waals surface area contributed by atoms with Crippen molar-refractivity contribution in [2.24, 2.45) is 0 Å². The van der Waals surface area contributed by atoms with Crippen molar-refractivity contribution in [2.45, 2.75) is 18.3 Å². The minimum absolute atomic E-state index is 0.0562. The minimum atomic E-state index is -0.445. The highest BCUT2D eigenvalue weighted by atomic mass is 79.9. The average Bonchev–Trinajstić information content (AvgIpc) is 2.48. The van der Waals surface area contributed by atoms with Crippen LogP contribution >= 0.6 is 15.9 Å². The van der Waals surface area contributed by atoms with Crippen molar-refractivity contribution >= 4 is 15.9 Å². The molecule has 3 rings (SSSR count). The summed E-state index contributed by atoms with van der Waals surface area (Å²) in [5.41, 5.74) is 1.32. The fourth-order valence-electron chi connectivity index (χ4n) is 3.17. The molecular formula is C17H16BrF2N. The van der Waals surface area contributed by atoms with Crippen molar-refractivity contribution in [3.63, 3.8) is 0 Å². The van der Waals surface area contributed by atoms with E-state index in [1.165, 1.54) is 18.2 Å². The summed E-state index contributed by atoms with van der Waals surface area (Å²) in [7, 11) is 0. The van der Waals surface area contributed by atoms with Crippen LogP contribution in [-0.2, 0) is 0 Å². The van der Waals surface area contributed by atoms with Crippen LogP contribution in [-0.4, -0.2) is 13.1 Å². The third kappa shape index (κ3) is 2.87. The van der Waals surface area contributed by atoms with Gasteiger partial charge in [0.1, 0.15) is 11.6 Å². The molecule has 2 aromatic carbocycles. The molecule has 0 aliphatic carbocycles. The number of nitrogens with one attached hydrogen (secondary N) is 1. The molecule has 1 aliphatic heterocycles. The van der Waals surface area contributed by atoms with Crippen molar-refractivity contribution in [3.8, 4) is 0 Å². The highest BCUT2D eigenvalue weighted by Gasteiger charge is 2.32. The predicted octanol–water partition coefficient (Wildman–Crippen LogP) is 4.59. The number of halogens is 3. The van der Waals surface area contributed by atoms with E-state index in [0.29, 0.717) is 0 Å². The van der Waals surface area contributed by atoms with E-state index >= 15 is 0 Å². The summed E-state index contributed by atoms with van der Waals surface area (Å²) < 4.78 is 29.3. The van der Waals surface area contributed by atoms with Crippen LogP contribution in [0.5, 0.6) is 0 Å². The topological polar surface area (TPSA) is 12.0 Å². The van der Waals surface area contributed by atoms with Gasteiger partial charge in [-0.25, -0.2) is 8.78 Å². The molecule has 0 spiro atoms. The smallest absolute Gasteiger partial charge is 0.129 e. The molecule has 0 bridgehead atoms. The van der Waals surface area contributed by atoms with Crippen LogP contribution < -0.4 is 5.32 Å². The van der Waals surface area contributed by atoms with Gasteiger partial charge >= 0.3 is 0 Å². The van der Waals surface area contributed by atoms with Crippen LogP contribution in [0.3, 0.4) is 0 Å². The third-order valence-corrected chi connectivity index (χ3v) is 4.88. The Morgan fingerprint density at radius 3 is 2.38 bits per heavy atom. The first-order chi connectivity index (χ1) is 10.2. The Morgan fingerprint density at radius 2 is 1.67 bits per heavy atom. The number of hydrogen-bond acceptors (Lipinski definition) is 1. The lowest BCUT2D eigenvalue weighted by atomic mass is 9.77. The molecule has 0 radical (unpaired) electrons. The van der Waals surface area contributed by atoms with Crippen LogP contribution in [0, 0.1) is 11.6 Å². The molecule has 2 atom stereocenters. The largest absolute Gasteiger partial charge is 0.316 e. The molecule has 1 saturated heterocycles. The molecule has 2 unspecified atom stereocenters. The summed E-state index contributed by atoms with van der Waals surface area (Å²) in [5, 5.41) is 3.33. The van der Waals surface area contributed by atoms with E-state index < -0.39 is 11.6 Å². The van der Waals surface area contributed by atoms with Gasteiger partial charge in [0, 0.05) is 22.5 Å². The number of hydrogen-bond donors (Lipinski definition) is 1. The van der Waals surface area contributed by atoms with Gasteiger partial charge in [0.05, 0.1) is 0 Å². The normalized spacial score (nSPS) is 22.2. The number of rotatable bonds is 2. The minimum Gasteiger partial charge on any atom is -0.316 e. The Bertz CT molecular complexity index is 624. The maximum atomic E-state index is 14.2. The lowest BCUT2D eigenvalue weighted by Crippen LogP contribution is -2.35. The van der Waals surface area contributed by atoms with Crippen molar-refractivity contribution in [2.75, 3.05) is 13.1 Å². The number of piperidine rings is 1. The molecule has 2 aromatic rings. The quantitative estimate of drug-likeness (QED) is 0.834. The summed E-state index contributed by atoms with van der Waals surface area (Å²) in [4.78, 5) is 0. The molecule has 1 heterocycles. The fourth-order valence-corrected chi connectivity index (χ4v) is 3.75. The molecular weight excluding hydrogens is 336 g/mol. The van der Waals surface area contributed by atoms with Gasteiger partial charge in [-0.1, -0.05) is 40.2 Å². The fraction of sp³-hybridized carbons (Fsp3) is 0.294. The summed E-state index contributed by atoms with van der Waals surface area (Å²) in [6.45, 7) is 1.50. The van der Waals surface area contributed by atoms with E-state index in [0.717, 1.165) is 29.5 Å². The van der Waals surface area contributed by atoms with E-state index in [9.17, 15) is 8.78 Å². The van der Waals surface area contributed by atoms with Gasteiger partial charge in [0.15, 0.2) is 0 Å². The lowest BCUT2D eigenvalue weighted by molar-refractivity contribution is 0.380. The maximum Gasteiger partial charge on any atom is 0.129 e. The van der Waals surface area contributed by atoms with Gasteiger partial charge in [-0.3, -0.25) is 0 Å². The van der Waals surface area contributed by atoms with Gasteiger partial charge in [-0.15, -0.1) is 0 Å². The van der Waals surface area contributed by atoms with E-state index in [-0.39, 0.29) is 17.4 Å². The van der Waals surface area contributed by atoms with Gasteiger partial charge in [0.25, 0.3) is 0 Å². The SMILES string of the molecule is Fc1cccc(F)c1C1CCNCC1c1ccccc1Br. The molecule has 4 heteroatoms. The molecule has 0 amide bonds. The van der Waals surface area contributed by atoms with Gasteiger partial charge in [-0.05, 0) is 42.6 Å². The van der Waals surface area contributed by atoms with Crippen LogP contribution in [0.25, 0.3) is 0 Å². The second-order valence-corrected chi connectivity index (χ2v) is 6.22. The molecule has 1 N–H and O–H groups in total. The molecule has 1 nitrogen and oxygen atoms in total. The molecule has 21 heavy (non-hydrogen) atoms. The van der Waals surface area contributed by atoms with Crippen LogP contribution in [0.15, 0.2) is 46.9 Å². The molecule has 1 aliphatic rings. The lowest BCUT2D eigenvalue weighted by Gasteiger charge is -2.33. The third-order valence-electron chi connectivity index (χ3n) is 4.16. The first-order valence-corrected chi connectivity index (χ1v) is 7.87. The maximum absolute atomic E-state index is 14.2. The Balaban J connectivity index is 2.05. The van der Waals surface area contributed by atoms with Crippen LogP contribution in [0.2, 0.25) is 0 Å². The highest BCUT2D eigenvalue weighted by Crippen LogP contribution is 2.41. The number of benzene rings is 2. The molecule has 110 valence electrons. The summed E-state index contributed by atoms with van der Waals surface area (Å²) in [6.07, 6.45) is 0.726. The molecule has 0 aromatic heterocycles. The summed E-state index contributed by atoms with van der Waals surface area (Å²) in [5.74, 6) is -0.982. The zero-order valence-corrected chi connectivity index (χ0v) is 13.0. The predicted molar refractivity (Wildman–Crippen MR) is 83.5 cm³/mol. The monoisotopic (exact) mass is 351 g/mol. The van der Waals surface area contributed by atoms with E-state index in [2.05, 4.69) is 21.2 Å². The Hall–Kier alpha value is -1.26. The Morgan fingerprint density at radius 1 is 0.952 bits per heavy atom. The second-order valence-electron chi connectivity index (χ2n) is 5.36. The molecule has 1 fully saturated rings. The van der Waals surface area contributed by atoms with E-state index in [4.69, 9.17) is 0 Å². The van der Waals surface area contributed by atoms with Crippen molar-refractivity contribution in [1.82, 2.24) is 5.32 Å². The molecule has 0 saturated carbocycles. The van der Waals surface area contributed by atoms with Crippen molar-refractivity contribution < 1.29 is 8.78 Å². The van der Waals surface area contributed by atoms with Gasteiger partial charge < -0.3 is 5.32 Å². The summed E-state index contributed by atoms with van der Waals surface area (Å²) >= 11 is 3.55. The van der Waals surface area contributed by atoms with E-state index in [1.54, 1.807) is 0 Å². The first kappa shape index (κ1) is 14.7. The van der Waals surface area contributed by atoms with Crippen LogP contribution in [0.4, 0.5) is 8.78 Å². The average molecular weight is 352 g/mol. The van der Waals surface area contributed by atoms with Crippen molar-refractivity contribution in [1.29, 1.82) is 0 Å². The Labute approximate surface area is 131 Å². The second kappa shape index (κ2) is 6.24. The van der Waals surface area contributed by atoms with Gasteiger partial charge in [-0.2, -0.15) is 0 Å². The van der Waals surface area contributed by atoms with Crippen LogP contribution in [0.1, 0.15) is 29.4 Å². The highest BCUT2D eigenvalue weighted by molar-refractivity contribution is 9.10. The van der Waals surface area contributed by atoms with E-state index in [1.807, 2.05) is 24.3 Å². The summed E-state index contributed by atoms with van der Waals surface area (Å²) in [6, 6.07) is 12.0. The Kier molecular flexibility index (Phi) is 4.36. The zero-order valence-electron chi connectivity index (χ0n) is 11.5. The standard InChI is InChI=1S/C17H16BrF2N/c18-14-5-2-1-4-11(14)13-10-21-9-8-12(13)17-15(19)6-3-7-16(17)20/h1-7,12-13,21H,8-10H2. The van der Waals surface area contributed by atoms with Gasteiger partial charge in [0.2, 0.25) is 0 Å². The first-order valence-electron chi connectivity index (χ1n) is 7.07.